The molecule has 1 aromatic heterocycles. The molecular weight excluding hydrogens is 424 g/mol. The number of hydrogen-bond donors (Lipinski definition) is 0. The van der Waals surface area contributed by atoms with Gasteiger partial charge < -0.3 is 19.1 Å². The first-order valence-corrected chi connectivity index (χ1v) is 11.8. The molecule has 1 aliphatic heterocycles. The number of carbonyl (C=O) groups is 1. The number of benzene rings is 2. The van der Waals surface area contributed by atoms with Crippen molar-refractivity contribution in [2.75, 3.05) is 60.2 Å². The van der Waals surface area contributed by atoms with Crippen LogP contribution in [0.3, 0.4) is 0 Å². The van der Waals surface area contributed by atoms with Crippen LogP contribution in [0.1, 0.15) is 15.9 Å². The van der Waals surface area contributed by atoms with Gasteiger partial charge in [-0.15, -0.1) is 11.3 Å². The maximum atomic E-state index is 12.9. The fourth-order valence-electron chi connectivity index (χ4n) is 3.98. The predicted octanol–water partition coefficient (Wildman–Crippen LogP) is 3.94. The van der Waals surface area contributed by atoms with E-state index in [0.29, 0.717) is 36.8 Å². The number of piperazine rings is 1. The second-order valence-corrected chi connectivity index (χ2v) is 8.81. The number of amides is 1. The zero-order valence-corrected chi connectivity index (χ0v) is 19.5. The molecule has 0 bridgehead atoms. The molecule has 1 aliphatic rings. The molecule has 1 saturated heterocycles. The van der Waals surface area contributed by atoms with Crippen LogP contribution in [0.2, 0.25) is 0 Å². The van der Waals surface area contributed by atoms with Gasteiger partial charge in [0.05, 0.1) is 27.4 Å². The van der Waals surface area contributed by atoms with Gasteiger partial charge >= 0.3 is 0 Å². The smallest absolute Gasteiger partial charge is 0.254 e. The minimum atomic E-state index is 0.0319. The Balaban J connectivity index is 1.16. The number of thiophene rings is 1. The predicted molar refractivity (Wildman–Crippen MR) is 128 cm³/mol. The summed E-state index contributed by atoms with van der Waals surface area (Å²) in [6, 6.07) is 14.1. The van der Waals surface area contributed by atoms with Crippen LogP contribution in [-0.2, 0) is 11.2 Å². The van der Waals surface area contributed by atoms with E-state index in [-0.39, 0.29) is 5.91 Å². The molecule has 0 unspecified atom stereocenters. The molecule has 3 aromatic rings. The lowest BCUT2D eigenvalue weighted by molar-refractivity contribution is 0.0554. The van der Waals surface area contributed by atoms with E-state index in [1.165, 1.54) is 15.6 Å². The third kappa shape index (κ3) is 5.41. The van der Waals surface area contributed by atoms with Crippen LogP contribution in [0.4, 0.5) is 0 Å². The average molecular weight is 455 g/mol. The normalized spacial score (nSPS) is 14.6. The SMILES string of the molecule is COc1ccc(C(=O)N2CCN(CCOCCc3ccc4sccc4c3)CC2)cc1OC. The van der Waals surface area contributed by atoms with Crippen molar-refractivity contribution < 1.29 is 19.0 Å². The highest BCUT2D eigenvalue weighted by Gasteiger charge is 2.22. The fourth-order valence-corrected chi connectivity index (χ4v) is 4.75. The van der Waals surface area contributed by atoms with Crippen LogP contribution in [-0.4, -0.2) is 75.9 Å². The first kappa shape index (κ1) is 22.6. The van der Waals surface area contributed by atoms with Crippen LogP contribution < -0.4 is 9.47 Å². The van der Waals surface area contributed by atoms with Gasteiger partial charge in [-0.05, 0) is 53.1 Å². The highest BCUT2D eigenvalue weighted by atomic mass is 32.1. The maximum Gasteiger partial charge on any atom is 0.254 e. The maximum absolute atomic E-state index is 12.9. The molecule has 2 heterocycles. The number of methoxy groups -OCH3 is 2. The lowest BCUT2D eigenvalue weighted by Crippen LogP contribution is -2.49. The topological polar surface area (TPSA) is 51.2 Å². The van der Waals surface area contributed by atoms with E-state index in [1.54, 1.807) is 43.8 Å². The van der Waals surface area contributed by atoms with Gasteiger partial charge in [0.1, 0.15) is 0 Å². The van der Waals surface area contributed by atoms with Crippen LogP contribution in [0, 0.1) is 0 Å². The molecule has 1 fully saturated rings. The fraction of sp³-hybridized carbons (Fsp3) is 0.400. The van der Waals surface area contributed by atoms with Crippen LogP contribution in [0.15, 0.2) is 47.8 Å². The summed E-state index contributed by atoms with van der Waals surface area (Å²) in [5, 5.41) is 3.44. The Morgan fingerprint density at radius 2 is 1.75 bits per heavy atom. The van der Waals surface area contributed by atoms with Gasteiger partial charge in [-0.25, -0.2) is 0 Å². The monoisotopic (exact) mass is 454 g/mol. The van der Waals surface area contributed by atoms with Crippen molar-refractivity contribution >= 4 is 27.3 Å². The Hall–Kier alpha value is -2.61. The van der Waals surface area contributed by atoms with E-state index in [4.69, 9.17) is 14.2 Å². The molecular formula is C25H30N2O4S. The molecule has 0 radical (unpaired) electrons. The van der Waals surface area contributed by atoms with Gasteiger partial charge in [-0.1, -0.05) is 12.1 Å². The van der Waals surface area contributed by atoms with Gasteiger partial charge in [-0.3, -0.25) is 9.69 Å². The summed E-state index contributed by atoms with van der Waals surface area (Å²) in [6.45, 7) is 5.48. The lowest BCUT2D eigenvalue weighted by atomic mass is 10.1. The second-order valence-electron chi connectivity index (χ2n) is 7.86. The Bertz CT molecular complexity index is 1040. The highest BCUT2D eigenvalue weighted by molar-refractivity contribution is 7.17. The molecule has 170 valence electrons. The van der Waals surface area contributed by atoms with Crippen molar-refractivity contribution in [3.05, 3.63) is 59.0 Å². The highest BCUT2D eigenvalue weighted by Crippen LogP contribution is 2.28. The van der Waals surface area contributed by atoms with Crippen molar-refractivity contribution in [1.29, 1.82) is 0 Å². The summed E-state index contributed by atoms with van der Waals surface area (Å²) in [5.74, 6) is 1.23. The summed E-state index contributed by atoms with van der Waals surface area (Å²) < 4.78 is 17.8. The van der Waals surface area contributed by atoms with E-state index in [1.807, 2.05) is 4.90 Å². The van der Waals surface area contributed by atoms with Gasteiger partial charge in [0, 0.05) is 43.0 Å². The van der Waals surface area contributed by atoms with Crippen LogP contribution in [0.25, 0.3) is 10.1 Å². The van der Waals surface area contributed by atoms with E-state index in [2.05, 4.69) is 34.5 Å². The van der Waals surface area contributed by atoms with E-state index in [0.717, 1.165) is 32.7 Å². The third-order valence-corrected chi connectivity index (χ3v) is 6.79. The van der Waals surface area contributed by atoms with Gasteiger partial charge in [-0.2, -0.15) is 0 Å². The van der Waals surface area contributed by atoms with Crippen molar-refractivity contribution in [2.45, 2.75) is 6.42 Å². The number of ether oxygens (including phenoxy) is 3. The summed E-state index contributed by atoms with van der Waals surface area (Å²) >= 11 is 1.78. The largest absolute Gasteiger partial charge is 0.493 e. The molecule has 0 atom stereocenters. The van der Waals surface area contributed by atoms with Gasteiger partial charge in [0.2, 0.25) is 0 Å². The lowest BCUT2D eigenvalue weighted by Gasteiger charge is -2.34. The molecule has 4 rings (SSSR count). The van der Waals surface area contributed by atoms with Crippen molar-refractivity contribution in [3.63, 3.8) is 0 Å². The number of fused-ring (bicyclic) bond motifs is 1. The Morgan fingerprint density at radius 1 is 0.938 bits per heavy atom. The summed E-state index contributed by atoms with van der Waals surface area (Å²) in [7, 11) is 3.17. The Morgan fingerprint density at radius 3 is 2.53 bits per heavy atom. The van der Waals surface area contributed by atoms with Crippen molar-refractivity contribution in [2.24, 2.45) is 0 Å². The molecule has 32 heavy (non-hydrogen) atoms. The molecule has 0 aliphatic carbocycles. The standard InChI is InChI=1S/C25H30N2O4S/c1-29-22-5-4-21(18-23(22)30-2)25(28)27-11-9-26(10-12-27)13-15-31-14-7-19-3-6-24-20(17-19)8-16-32-24/h3-6,8,16-18H,7,9-15H2,1-2H3. The number of hydrogen-bond acceptors (Lipinski definition) is 6. The average Bonchev–Trinajstić information content (AvgIpc) is 3.31. The van der Waals surface area contributed by atoms with Crippen LogP contribution >= 0.6 is 11.3 Å². The second kappa shape index (κ2) is 10.8. The molecule has 7 heteroatoms. The summed E-state index contributed by atoms with van der Waals surface area (Å²) in [5.41, 5.74) is 1.94. The number of rotatable bonds is 9. The molecule has 0 N–H and O–H groups in total. The Kier molecular flexibility index (Phi) is 7.63. The number of carbonyl (C=O) groups excluding carboxylic acids is 1. The summed E-state index contributed by atoms with van der Waals surface area (Å²) in [4.78, 5) is 17.1. The zero-order chi connectivity index (χ0) is 22.3. The molecule has 0 spiro atoms. The van der Waals surface area contributed by atoms with E-state index in [9.17, 15) is 4.79 Å². The number of nitrogens with zero attached hydrogens (tertiary/aromatic N) is 2. The van der Waals surface area contributed by atoms with Gasteiger partial charge in [0.25, 0.3) is 5.91 Å². The van der Waals surface area contributed by atoms with E-state index >= 15 is 0 Å². The zero-order valence-electron chi connectivity index (χ0n) is 18.7. The third-order valence-electron chi connectivity index (χ3n) is 5.89. The summed E-state index contributed by atoms with van der Waals surface area (Å²) in [6.07, 6.45) is 0.930. The van der Waals surface area contributed by atoms with Crippen molar-refractivity contribution in [3.8, 4) is 11.5 Å². The minimum absolute atomic E-state index is 0.0319. The first-order valence-electron chi connectivity index (χ1n) is 11.0. The Labute approximate surface area is 193 Å². The van der Waals surface area contributed by atoms with E-state index < -0.39 is 0 Å². The van der Waals surface area contributed by atoms with Gasteiger partial charge in [0.15, 0.2) is 11.5 Å². The molecule has 0 saturated carbocycles. The van der Waals surface area contributed by atoms with Crippen LogP contribution in [0.5, 0.6) is 11.5 Å². The minimum Gasteiger partial charge on any atom is -0.493 e. The van der Waals surface area contributed by atoms with Crippen molar-refractivity contribution in [1.82, 2.24) is 9.80 Å². The molecule has 2 aromatic carbocycles. The molecule has 1 amide bonds. The quantitative estimate of drug-likeness (QED) is 0.459. The first-order chi connectivity index (χ1) is 15.7. The molecule has 6 nitrogen and oxygen atoms in total.